The zero-order valence-corrected chi connectivity index (χ0v) is 9.27. The van der Waals surface area contributed by atoms with Gasteiger partial charge in [0.25, 0.3) is 11.7 Å². The smallest absolute Gasteiger partial charge is 0.288 e. The topological polar surface area (TPSA) is 29.1 Å². The molecule has 16 heavy (non-hydrogen) atoms. The Morgan fingerprint density at radius 1 is 1.44 bits per heavy atom. The number of carbonyl (C=O) groups excluding carboxylic acids is 1. The summed E-state index contributed by atoms with van der Waals surface area (Å²) in [5.41, 5.74) is 0.445. The van der Waals surface area contributed by atoms with Crippen LogP contribution in [0, 0.1) is 0 Å². The summed E-state index contributed by atoms with van der Waals surface area (Å²) in [7, 11) is 0. The summed E-state index contributed by atoms with van der Waals surface area (Å²) in [6.07, 6.45) is 1.57. The van der Waals surface area contributed by atoms with E-state index in [1.54, 1.807) is 6.08 Å². The van der Waals surface area contributed by atoms with E-state index in [1.165, 1.54) is 24.3 Å². The Morgan fingerprint density at radius 3 is 2.56 bits per heavy atom. The highest BCUT2D eigenvalue weighted by Gasteiger charge is 2.07. The van der Waals surface area contributed by atoms with Crippen molar-refractivity contribution in [3.63, 3.8) is 0 Å². The highest BCUT2D eigenvalue weighted by Crippen LogP contribution is 2.24. The molecule has 0 aromatic heterocycles. The van der Waals surface area contributed by atoms with E-state index < -0.39 is 5.76 Å². The minimum absolute atomic E-state index is 0.242. The second kappa shape index (κ2) is 6.27. The van der Waals surface area contributed by atoms with E-state index in [-0.39, 0.29) is 5.91 Å². The summed E-state index contributed by atoms with van der Waals surface area (Å²) in [6, 6.07) is 6.03. The van der Waals surface area contributed by atoms with Gasteiger partial charge < -0.3 is 5.32 Å². The molecule has 0 fully saturated rings. The molecule has 0 bridgehead atoms. The van der Waals surface area contributed by atoms with Crippen LogP contribution < -0.4 is 5.32 Å². The van der Waals surface area contributed by atoms with Gasteiger partial charge in [0.1, 0.15) is 0 Å². The van der Waals surface area contributed by atoms with E-state index >= 15 is 0 Å². The van der Waals surface area contributed by atoms with Crippen LogP contribution in [0.25, 0.3) is 0 Å². The summed E-state index contributed by atoms with van der Waals surface area (Å²) in [4.78, 5) is 11.9. The minimum Gasteiger partial charge on any atom is -0.349 e. The summed E-state index contributed by atoms with van der Waals surface area (Å²) < 4.78 is 24.0. The monoisotopic (exact) mass is 243 g/mol. The summed E-state index contributed by atoms with van der Waals surface area (Å²) >= 11 is 0.455. The standard InChI is InChI=1S/C11H11F2NOS/c1-2-7-14-10(15)8-3-5-9(6-4-8)16-11(12)13/h2-6,11H,1,7H2,(H,14,15). The van der Waals surface area contributed by atoms with Gasteiger partial charge in [0.2, 0.25) is 0 Å². The fourth-order valence-corrected chi connectivity index (χ4v) is 1.55. The van der Waals surface area contributed by atoms with Crippen molar-refractivity contribution in [3.05, 3.63) is 42.5 Å². The average Bonchev–Trinajstić information content (AvgIpc) is 2.26. The number of hydrogen-bond donors (Lipinski definition) is 1. The molecule has 2 nitrogen and oxygen atoms in total. The maximum absolute atomic E-state index is 12.0. The lowest BCUT2D eigenvalue weighted by Gasteiger charge is -2.03. The quantitative estimate of drug-likeness (QED) is 0.636. The third-order valence-corrected chi connectivity index (χ3v) is 2.47. The molecule has 0 unspecified atom stereocenters. The lowest BCUT2D eigenvalue weighted by Crippen LogP contribution is -2.22. The van der Waals surface area contributed by atoms with Crippen LogP contribution >= 0.6 is 11.8 Å². The first-order chi connectivity index (χ1) is 7.63. The first-order valence-electron chi connectivity index (χ1n) is 4.57. The van der Waals surface area contributed by atoms with Crippen LogP contribution in [0.3, 0.4) is 0 Å². The number of thioether (sulfide) groups is 1. The van der Waals surface area contributed by atoms with Gasteiger partial charge in [0, 0.05) is 17.0 Å². The molecule has 86 valence electrons. The van der Waals surface area contributed by atoms with Gasteiger partial charge in [-0.05, 0) is 24.3 Å². The van der Waals surface area contributed by atoms with Crippen molar-refractivity contribution in [1.82, 2.24) is 5.32 Å². The van der Waals surface area contributed by atoms with Crippen LogP contribution in [0.15, 0.2) is 41.8 Å². The number of rotatable bonds is 5. The molecule has 0 saturated carbocycles. The molecule has 1 aromatic rings. The van der Waals surface area contributed by atoms with E-state index in [0.717, 1.165) is 0 Å². The molecule has 1 aromatic carbocycles. The first-order valence-corrected chi connectivity index (χ1v) is 5.45. The number of carbonyl (C=O) groups is 1. The lowest BCUT2D eigenvalue weighted by molar-refractivity contribution is 0.0958. The predicted molar refractivity (Wildman–Crippen MR) is 60.8 cm³/mol. The fraction of sp³-hybridized carbons (Fsp3) is 0.182. The van der Waals surface area contributed by atoms with Crippen molar-refractivity contribution in [1.29, 1.82) is 0 Å². The number of benzene rings is 1. The molecule has 0 aliphatic rings. The number of hydrogen-bond acceptors (Lipinski definition) is 2. The van der Waals surface area contributed by atoms with Crippen molar-refractivity contribution >= 4 is 17.7 Å². The van der Waals surface area contributed by atoms with Gasteiger partial charge in [-0.15, -0.1) is 6.58 Å². The van der Waals surface area contributed by atoms with Gasteiger partial charge in [-0.25, -0.2) is 0 Å². The fourth-order valence-electron chi connectivity index (χ4n) is 1.05. The molecule has 1 rings (SSSR count). The van der Waals surface area contributed by atoms with Gasteiger partial charge in [0.15, 0.2) is 0 Å². The van der Waals surface area contributed by atoms with E-state index in [9.17, 15) is 13.6 Å². The van der Waals surface area contributed by atoms with Gasteiger partial charge in [-0.2, -0.15) is 8.78 Å². The van der Waals surface area contributed by atoms with Gasteiger partial charge in [-0.1, -0.05) is 17.8 Å². The predicted octanol–water partition coefficient (Wildman–Crippen LogP) is 2.92. The van der Waals surface area contributed by atoms with E-state index in [0.29, 0.717) is 28.8 Å². The molecule has 5 heteroatoms. The number of alkyl halides is 2. The minimum atomic E-state index is -2.44. The highest BCUT2D eigenvalue weighted by atomic mass is 32.2. The molecular weight excluding hydrogens is 232 g/mol. The van der Waals surface area contributed by atoms with Crippen molar-refractivity contribution in [2.45, 2.75) is 10.7 Å². The molecule has 1 N–H and O–H groups in total. The zero-order chi connectivity index (χ0) is 12.0. The number of halogens is 2. The van der Waals surface area contributed by atoms with Crippen LogP contribution in [-0.4, -0.2) is 18.2 Å². The van der Waals surface area contributed by atoms with Crippen molar-refractivity contribution < 1.29 is 13.6 Å². The van der Waals surface area contributed by atoms with Crippen molar-refractivity contribution in [2.75, 3.05) is 6.54 Å². The van der Waals surface area contributed by atoms with Crippen LogP contribution in [0.2, 0.25) is 0 Å². The van der Waals surface area contributed by atoms with E-state index in [4.69, 9.17) is 0 Å². The van der Waals surface area contributed by atoms with Gasteiger partial charge >= 0.3 is 0 Å². The third kappa shape index (κ3) is 4.02. The Labute approximate surface area is 96.7 Å². The van der Waals surface area contributed by atoms with Crippen LogP contribution in [0.4, 0.5) is 8.78 Å². The zero-order valence-electron chi connectivity index (χ0n) is 8.45. The number of nitrogens with one attached hydrogen (secondary N) is 1. The molecule has 0 saturated heterocycles. The lowest BCUT2D eigenvalue weighted by atomic mass is 10.2. The molecule has 0 spiro atoms. The normalized spacial score (nSPS) is 10.2. The Kier molecular flexibility index (Phi) is 4.98. The van der Waals surface area contributed by atoms with E-state index in [1.807, 2.05) is 0 Å². The Hall–Kier alpha value is -1.36. The van der Waals surface area contributed by atoms with Crippen molar-refractivity contribution in [2.24, 2.45) is 0 Å². The molecule has 0 radical (unpaired) electrons. The molecular formula is C11H11F2NOS. The average molecular weight is 243 g/mol. The van der Waals surface area contributed by atoms with Gasteiger partial charge in [0.05, 0.1) is 0 Å². The Balaban J connectivity index is 2.63. The third-order valence-electron chi connectivity index (χ3n) is 1.75. The first kappa shape index (κ1) is 12.7. The maximum Gasteiger partial charge on any atom is 0.288 e. The van der Waals surface area contributed by atoms with Crippen LogP contribution in [0.1, 0.15) is 10.4 Å². The number of amides is 1. The molecule has 0 atom stereocenters. The molecule has 1 amide bonds. The summed E-state index contributed by atoms with van der Waals surface area (Å²) in [5.74, 6) is -2.69. The molecule has 0 aliphatic heterocycles. The largest absolute Gasteiger partial charge is 0.349 e. The van der Waals surface area contributed by atoms with Gasteiger partial charge in [-0.3, -0.25) is 4.79 Å². The van der Waals surface area contributed by atoms with Crippen LogP contribution in [0.5, 0.6) is 0 Å². The van der Waals surface area contributed by atoms with Crippen molar-refractivity contribution in [3.8, 4) is 0 Å². The summed E-state index contributed by atoms with van der Waals surface area (Å²) in [6.45, 7) is 3.85. The molecule has 0 heterocycles. The molecule has 0 aliphatic carbocycles. The van der Waals surface area contributed by atoms with Crippen LogP contribution in [-0.2, 0) is 0 Å². The highest BCUT2D eigenvalue weighted by molar-refractivity contribution is 7.99. The summed E-state index contributed by atoms with van der Waals surface area (Å²) in [5, 5.41) is 2.60. The second-order valence-corrected chi connectivity index (χ2v) is 3.97. The SMILES string of the molecule is C=CCNC(=O)c1ccc(SC(F)F)cc1. The Morgan fingerprint density at radius 2 is 2.06 bits per heavy atom. The Bertz CT molecular complexity index is 365. The van der Waals surface area contributed by atoms with E-state index in [2.05, 4.69) is 11.9 Å². The maximum atomic E-state index is 12.0. The second-order valence-electron chi connectivity index (χ2n) is 2.90.